The summed E-state index contributed by atoms with van der Waals surface area (Å²) < 4.78 is 0. The summed E-state index contributed by atoms with van der Waals surface area (Å²) in [5, 5.41) is 0. The van der Waals surface area contributed by atoms with Gasteiger partial charge in [0.1, 0.15) is 5.94 Å². The molecule has 0 unspecified atom stereocenters. The fourth-order valence-corrected chi connectivity index (χ4v) is 0.253. The molecule has 0 aromatic rings. The van der Waals surface area contributed by atoms with Gasteiger partial charge in [0.2, 0.25) is 0 Å². The molecule has 0 heterocycles. The van der Waals surface area contributed by atoms with E-state index < -0.39 is 0 Å². The Balaban J connectivity index is 2.86. The lowest BCUT2D eigenvalue weighted by molar-refractivity contribution is 0.568. The second kappa shape index (κ2) is 4.80. The van der Waals surface area contributed by atoms with Gasteiger partial charge in [-0.05, 0) is 12.2 Å². The highest BCUT2D eigenvalue weighted by Gasteiger charge is 1.66. The lowest BCUT2D eigenvalue weighted by atomic mass is 10.5. The van der Waals surface area contributed by atoms with Crippen LogP contribution in [0.3, 0.4) is 0 Å². The molecular weight excluding hydrogens is 96.1 g/mol. The monoisotopic (exact) mass is 102 g/mol. The first kappa shape index (κ1) is 5.80. The van der Waals surface area contributed by atoms with Gasteiger partial charge in [0.05, 0.1) is 0 Å². The molecule has 0 aliphatic heterocycles. The lowest BCUT2D eigenvalue weighted by Crippen LogP contribution is -1.63. The van der Waals surface area contributed by atoms with E-state index in [0.29, 0.717) is 0 Å². The van der Waals surface area contributed by atoms with E-state index in [0.717, 1.165) is 12.2 Å². The minimum atomic E-state index is 0.729. The molecule has 2 heteroatoms. The lowest BCUT2D eigenvalue weighted by Gasteiger charge is -1.70. The van der Waals surface area contributed by atoms with E-state index >= 15 is 0 Å². The van der Waals surface area contributed by atoms with Crippen LogP contribution in [0.5, 0.6) is 0 Å². The topological polar surface area (TPSA) is 17.1 Å². The molecule has 0 radical (unpaired) electrons. The zero-order valence-electron chi connectivity index (χ0n) is 3.35. The zero-order valence-corrected chi connectivity index (χ0v) is 4.24. The predicted octanol–water partition coefficient (Wildman–Crippen LogP) is 0.694. The number of carbonyl (C=O) groups excluding carboxylic acids is 1. The summed E-state index contributed by atoms with van der Waals surface area (Å²) >= 11 is 3.84. The molecule has 0 saturated carbocycles. The van der Waals surface area contributed by atoms with E-state index in [1.54, 1.807) is 5.94 Å². The van der Waals surface area contributed by atoms with Crippen LogP contribution in [-0.2, 0) is 4.79 Å². The van der Waals surface area contributed by atoms with Crippen LogP contribution in [0.1, 0.15) is 6.42 Å². The van der Waals surface area contributed by atoms with Gasteiger partial charge in [-0.1, -0.05) is 0 Å². The van der Waals surface area contributed by atoms with Gasteiger partial charge in [-0.2, -0.15) is 12.6 Å². The van der Waals surface area contributed by atoms with E-state index in [-0.39, 0.29) is 0 Å². The SMILES string of the molecule is O=C=CCCS. The van der Waals surface area contributed by atoms with Crippen LogP contribution in [0.15, 0.2) is 6.08 Å². The Morgan fingerprint density at radius 3 is 2.67 bits per heavy atom. The summed E-state index contributed by atoms with van der Waals surface area (Å²) in [6.45, 7) is 0. The van der Waals surface area contributed by atoms with Gasteiger partial charge >= 0.3 is 0 Å². The average Bonchev–Trinajstić information content (AvgIpc) is 1.61. The molecule has 0 rings (SSSR count). The maximum atomic E-state index is 9.35. The fraction of sp³-hybridized carbons (Fsp3) is 0.500. The molecule has 0 aliphatic rings. The fourth-order valence-electron chi connectivity index (χ4n) is 0.123. The van der Waals surface area contributed by atoms with E-state index in [9.17, 15) is 4.79 Å². The van der Waals surface area contributed by atoms with Crippen LogP contribution in [0.25, 0.3) is 0 Å². The predicted molar refractivity (Wildman–Crippen MR) is 28.7 cm³/mol. The highest BCUT2D eigenvalue weighted by atomic mass is 32.1. The molecule has 0 aliphatic carbocycles. The van der Waals surface area contributed by atoms with E-state index in [1.807, 2.05) is 0 Å². The summed E-state index contributed by atoms with van der Waals surface area (Å²) in [5.41, 5.74) is 0. The molecular formula is C4H6OS. The first-order chi connectivity index (χ1) is 2.91. The minimum absolute atomic E-state index is 0.729. The zero-order chi connectivity index (χ0) is 4.83. The molecule has 0 atom stereocenters. The van der Waals surface area contributed by atoms with Crippen molar-refractivity contribution in [2.24, 2.45) is 0 Å². The van der Waals surface area contributed by atoms with Gasteiger partial charge in [0, 0.05) is 6.08 Å². The third-order valence-electron chi connectivity index (χ3n) is 0.357. The summed E-state index contributed by atoms with van der Waals surface area (Å²) in [6.07, 6.45) is 2.15. The molecule has 34 valence electrons. The number of allylic oxidation sites excluding steroid dienone is 1. The maximum Gasteiger partial charge on any atom is 0.120 e. The molecule has 0 N–H and O–H groups in total. The summed E-state index contributed by atoms with van der Waals surface area (Å²) in [7, 11) is 0. The largest absolute Gasteiger partial charge is 0.234 e. The Kier molecular flexibility index (Phi) is 4.64. The standard InChI is InChI=1S/C4H6OS/c5-3-1-2-4-6/h1,6H,2,4H2. The molecule has 0 spiro atoms. The third-order valence-corrected chi connectivity index (χ3v) is 0.615. The van der Waals surface area contributed by atoms with E-state index in [1.165, 1.54) is 6.08 Å². The van der Waals surface area contributed by atoms with Crippen molar-refractivity contribution in [2.45, 2.75) is 6.42 Å². The van der Waals surface area contributed by atoms with E-state index in [2.05, 4.69) is 12.6 Å². The molecule has 0 bridgehead atoms. The van der Waals surface area contributed by atoms with Gasteiger partial charge in [-0.15, -0.1) is 0 Å². The third kappa shape index (κ3) is 3.80. The van der Waals surface area contributed by atoms with Crippen LogP contribution in [0.4, 0.5) is 0 Å². The normalized spacial score (nSPS) is 6.83. The van der Waals surface area contributed by atoms with Crippen molar-refractivity contribution in [3.8, 4) is 0 Å². The van der Waals surface area contributed by atoms with Gasteiger partial charge in [-0.3, -0.25) is 0 Å². The highest BCUT2D eigenvalue weighted by molar-refractivity contribution is 7.80. The summed E-state index contributed by atoms with van der Waals surface area (Å²) in [4.78, 5) is 9.35. The Bertz CT molecular complexity index is 63.9. The molecule has 0 aromatic heterocycles. The molecule has 0 amide bonds. The summed E-state index contributed by atoms with van der Waals surface area (Å²) in [6, 6.07) is 0. The Labute approximate surface area is 42.5 Å². The minimum Gasteiger partial charge on any atom is -0.234 e. The molecule has 0 saturated heterocycles. The van der Waals surface area contributed by atoms with Crippen molar-refractivity contribution in [2.75, 3.05) is 5.75 Å². The molecule has 1 nitrogen and oxygen atoms in total. The van der Waals surface area contributed by atoms with Gasteiger partial charge in [-0.25, -0.2) is 4.79 Å². The van der Waals surface area contributed by atoms with Crippen molar-refractivity contribution in [1.82, 2.24) is 0 Å². The van der Waals surface area contributed by atoms with Gasteiger partial charge in [0.25, 0.3) is 0 Å². The number of rotatable bonds is 2. The van der Waals surface area contributed by atoms with Crippen molar-refractivity contribution in [3.63, 3.8) is 0 Å². The average molecular weight is 102 g/mol. The first-order valence-corrected chi connectivity index (χ1v) is 2.35. The van der Waals surface area contributed by atoms with Crippen molar-refractivity contribution in [3.05, 3.63) is 6.08 Å². The van der Waals surface area contributed by atoms with Crippen LogP contribution in [0.2, 0.25) is 0 Å². The Hall–Kier alpha value is -0.200. The van der Waals surface area contributed by atoms with Gasteiger partial charge in [0.15, 0.2) is 0 Å². The molecule has 6 heavy (non-hydrogen) atoms. The van der Waals surface area contributed by atoms with Crippen LogP contribution >= 0.6 is 12.6 Å². The molecule has 0 fully saturated rings. The van der Waals surface area contributed by atoms with Crippen LogP contribution in [0, 0.1) is 0 Å². The van der Waals surface area contributed by atoms with E-state index in [4.69, 9.17) is 0 Å². The summed E-state index contributed by atoms with van der Waals surface area (Å²) in [5.74, 6) is 2.38. The highest BCUT2D eigenvalue weighted by Crippen LogP contribution is 1.79. The first-order valence-electron chi connectivity index (χ1n) is 1.72. The molecule has 0 aromatic carbocycles. The van der Waals surface area contributed by atoms with Gasteiger partial charge < -0.3 is 0 Å². The second-order valence-electron chi connectivity index (χ2n) is 0.834. The van der Waals surface area contributed by atoms with Crippen molar-refractivity contribution >= 4 is 18.6 Å². The van der Waals surface area contributed by atoms with Crippen LogP contribution < -0.4 is 0 Å². The number of hydrogen-bond donors (Lipinski definition) is 1. The van der Waals surface area contributed by atoms with Crippen LogP contribution in [-0.4, -0.2) is 11.7 Å². The quantitative estimate of drug-likeness (QED) is 0.401. The number of hydrogen-bond acceptors (Lipinski definition) is 2. The Morgan fingerprint density at radius 2 is 2.50 bits per heavy atom. The van der Waals surface area contributed by atoms with Crippen molar-refractivity contribution < 1.29 is 4.79 Å². The Morgan fingerprint density at radius 1 is 1.83 bits per heavy atom. The van der Waals surface area contributed by atoms with Crippen molar-refractivity contribution in [1.29, 1.82) is 0 Å². The second-order valence-corrected chi connectivity index (χ2v) is 1.28. The smallest absolute Gasteiger partial charge is 0.120 e. The maximum absolute atomic E-state index is 9.35. The number of thiol groups is 1.